The van der Waals surface area contributed by atoms with Crippen molar-refractivity contribution in [3.63, 3.8) is 0 Å². The second-order valence-electron chi connectivity index (χ2n) is 6.31. The topological polar surface area (TPSA) is 90.5 Å². The zero-order valence-electron chi connectivity index (χ0n) is 15.0. The highest BCUT2D eigenvalue weighted by Gasteiger charge is 2.35. The number of halogens is 3. The molecule has 29 heavy (non-hydrogen) atoms. The highest BCUT2D eigenvalue weighted by atomic mass is 19.1. The van der Waals surface area contributed by atoms with Gasteiger partial charge < -0.3 is 20.9 Å². The Hall–Kier alpha value is -3.56. The van der Waals surface area contributed by atoms with E-state index in [2.05, 4.69) is 16.0 Å². The molecule has 0 aromatic heterocycles. The molecule has 0 aliphatic carbocycles. The molecular weight excluding hydrogens is 389 g/mol. The maximum absolute atomic E-state index is 13.8. The molecule has 10 heteroatoms. The standard InChI is InChI=1S/C19H17F3N4O3/c20-11-1-4-13(5-2-11)24-17(27)10-16-18(28)23-7-8-26(16)19(29)25-15-6-3-12(21)9-14(15)22/h1-6,9,16H,7-8,10H2,(H,23,28)(H,24,27)(H,25,29)/t16-/m1/s1. The minimum atomic E-state index is -1.13. The summed E-state index contributed by atoms with van der Waals surface area (Å²) in [5.74, 6) is -3.34. The molecule has 0 spiro atoms. The fourth-order valence-corrected chi connectivity index (χ4v) is 2.86. The van der Waals surface area contributed by atoms with Crippen LogP contribution in [0.1, 0.15) is 6.42 Å². The van der Waals surface area contributed by atoms with Crippen molar-refractivity contribution in [2.24, 2.45) is 0 Å². The number of carbonyl (C=O) groups excluding carboxylic acids is 3. The Bertz CT molecular complexity index is 937. The summed E-state index contributed by atoms with van der Waals surface area (Å²) in [6.07, 6.45) is -0.359. The average molecular weight is 406 g/mol. The van der Waals surface area contributed by atoms with Gasteiger partial charge in [0.05, 0.1) is 12.1 Å². The first kappa shape index (κ1) is 20.2. The molecule has 0 saturated carbocycles. The van der Waals surface area contributed by atoms with Gasteiger partial charge >= 0.3 is 6.03 Å². The fraction of sp³-hybridized carbons (Fsp3) is 0.211. The molecule has 0 unspecified atom stereocenters. The number of rotatable bonds is 4. The smallest absolute Gasteiger partial charge is 0.322 e. The van der Waals surface area contributed by atoms with E-state index in [9.17, 15) is 27.6 Å². The third-order valence-electron chi connectivity index (χ3n) is 4.27. The van der Waals surface area contributed by atoms with Gasteiger partial charge in [-0.15, -0.1) is 0 Å². The van der Waals surface area contributed by atoms with Crippen LogP contribution in [0, 0.1) is 17.5 Å². The van der Waals surface area contributed by atoms with E-state index < -0.39 is 41.3 Å². The Morgan fingerprint density at radius 1 is 1.03 bits per heavy atom. The van der Waals surface area contributed by atoms with Crippen LogP contribution in [0.15, 0.2) is 42.5 Å². The van der Waals surface area contributed by atoms with Crippen LogP contribution in [-0.4, -0.2) is 41.9 Å². The highest BCUT2D eigenvalue weighted by molar-refractivity contribution is 5.99. The summed E-state index contributed by atoms with van der Waals surface area (Å²) in [7, 11) is 0. The SMILES string of the molecule is O=C(C[C@@H]1C(=O)NCCN1C(=O)Nc1ccc(F)cc1F)Nc1ccc(F)cc1. The normalized spacial score (nSPS) is 16.2. The summed E-state index contributed by atoms with van der Waals surface area (Å²) in [5.41, 5.74) is 0.0777. The minimum Gasteiger partial charge on any atom is -0.353 e. The van der Waals surface area contributed by atoms with Gasteiger partial charge in [0.1, 0.15) is 23.5 Å². The van der Waals surface area contributed by atoms with Gasteiger partial charge in [0.2, 0.25) is 11.8 Å². The number of hydrogen-bond acceptors (Lipinski definition) is 3. The lowest BCUT2D eigenvalue weighted by molar-refractivity contribution is -0.130. The number of nitrogens with one attached hydrogen (secondary N) is 3. The molecule has 7 nitrogen and oxygen atoms in total. The molecular formula is C19H17F3N4O3. The molecule has 0 bridgehead atoms. The lowest BCUT2D eigenvalue weighted by atomic mass is 10.1. The maximum atomic E-state index is 13.8. The number of amides is 4. The molecule has 3 rings (SSSR count). The maximum Gasteiger partial charge on any atom is 0.322 e. The molecule has 4 amide bonds. The van der Waals surface area contributed by atoms with E-state index in [0.717, 1.165) is 17.0 Å². The summed E-state index contributed by atoms with van der Waals surface area (Å²) < 4.78 is 39.8. The molecule has 1 fully saturated rings. The van der Waals surface area contributed by atoms with Gasteiger partial charge in [-0.1, -0.05) is 0 Å². The van der Waals surface area contributed by atoms with Crippen LogP contribution in [-0.2, 0) is 9.59 Å². The number of nitrogens with zero attached hydrogens (tertiary/aromatic N) is 1. The van der Waals surface area contributed by atoms with E-state index >= 15 is 0 Å². The second kappa shape index (κ2) is 8.63. The van der Waals surface area contributed by atoms with Crippen molar-refractivity contribution in [2.45, 2.75) is 12.5 Å². The van der Waals surface area contributed by atoms with Crippen LogP contribution in [0.25, 0.3) is 0 Å². The molecule has 1 aliphatic heterocycles. The molecule has 1 saturated heterocycles. The monoisotopic (exact) mass is 406 g/mol. The zero-order chi connectivity index (χ0) is 21.0. The largest absolute Gasteiger partial charge is 0.353 e. The molecule has 152 valence electrons. The van der Waals surface area contributed by atoms with Gasteiger partial charge in [0.15, 0.2) is 0 Å². The van der Waals surface area contributed by atoms with Crippen LogP contribution in [0.3, 0.4) is 0 Å². The van der Waals surface area contributed by atoms with Gasteiger partial charge in [0, 0.05) is 24.8 Å². The van der Waals surface area contributed by atoms with Crippen molar-refractivity contribution in [1.82, 2.24) is 10.2 Å². The number of urea groups is 1. The van der Waals surface area contributed by atoms with Crippen LogP contribution < -0.4 is 16.0 Å². The molecule has 2 aromatic rings. The van der Waals surface area contributed by atoms with Gasteiger partial charge in [-0.05, 0) is 36.4 Å². The number of carbonyl (C=O) groups is 3. The van der Waals surface area contributed by atoms with Crippen LogP contribution in [0.4, 0.5) is 29.3 Å². The Balaban J connectivity index is 1.69. The molecule has 1 aliphatic rings. The summed E-state index contributed by atoms with van der Waals surface area (Å²) in [6, 6.07) is 5.77. The van der Waals surface area contributed by atoms with Gasteiger partial charge in [-0.25, -0.2) is 18.0 Å². The van der Waals surface area contributed by atoms with Crippen molar-refractivity contribution in [2.75, 3.05) is 23.7 Å². The van der Waals surface area contributed by atoms with Gasteiger partial charge in [-0.2, -0.15) is 0 Å². The van der Waals surface area contributed by atoms with E-state index in [1.807, 2.05) is 0 Å². The van der Waals surface area contributed by atoms with Crippen molar-refractivity contribution < 1.29 is 27.6 Å². The molecule has 2 aromatic carbocycles. The van der Waals surface area contributed by atoms with Crippen molar-refractivity contribution in [3.05, 3.63) is 59.9 Å². The molecule has 1 atom stereocenters. The number of hydrogen-bond donors (Lipinski definition) is 3. The summed E-state index contributed by atoms with van der Waals surface area (Å²) in [5, 5.41) is 7.36. The summed E-state index contributed by atoms with van der Waals surface area (Å²) in [4.78, 5) is 38.1. The van der Waals surface area contributed by atoms with E-state index in [1.54, 1.807) is 0 Å². The summed E-state index contributed by atoms with van der Waals surface area (Å²) >= 11 is 0. The van der Waals surface area contributed by atoms with Gasteiger partial charge in [-0.3, -0.25) is 9.59 Å². The first-order chi connectivity index (χ1) is 13.8. The van der Waals surface area contributed by atoms with Gasteiger partial charge in [0.25, 0.3) is 0 Å². The second-order valence-corrected chi connectivity index (χ2v) is 6.31. The average Bonchev–Trinajstić information content (AvgIpc) is 2.67. The minimum absolute atomic E-state index is 0.0921. The molecule has 3 N–H and O–H groups in total. The lowest BCUT2D eigenvalue weighted by Crippen LogP contribution is -2.59. The zero-order valence-corrected chi connectivity index (χ0v) is 15.0. The van der Waals surface area contributed by atoms with Crippen molar-refractivity contribution in [3.8, 4) is 0 Å². The van der Waals surface area contributed by atoms with Crippen LogP contribution in [0.5, 0.6) is 0 Å². The summed E-state index contributed by atoms with van der Waals surface area (Å²) in [6.45, 7) is 0.253. The van der Waals surface area contributed by atoms with Crippen LogP contribution >= 0.6 is 0 Å². The molecule has 1 heterocycles. The predicted octanol–water partition coefficient (Wildman–Crippen LogP) is 2.46. The van der Waals surface area contributed by atoms with E-state index in [1.165, 1.54) is 24.3 Å². The van der Waals surface area contributed by atoms with E-state index in [-0.39, 0.29) is 25.2 Å². The predicted molar refractivity (Wildman–Crippen MR) is 98.5 cm³/mol. The quantitative estimate of drug-likeness (QED) is 0.729. The Kier molecular flexibility index (Phi) is 6.01. The number of benzene rings is 2. The first-order valence-electron chi connectivity index (χ1n) is 8.69. The Labute approximate surface area is 163 Å². The van der Waals surface area contributed by atoms with Crippen molar-refractivity contribution in [1.29, 1.82) is 0 Å². The first-order valence-corrected chi connectivity index (χ1v) is 8.69. The van der Waals surface area contributed by atoms with Crippen LogP contribution in [0.2, 0.25) is 0 Å². The number of piperazine rings is 1. The lowest BCUT2D eigenvalue weighted by Gasteiger charge is -2.34. The Morgan fingerprint density at radius 2 is 1.72 bits per heavy atom. The fourth-order valence-electron chi connectivity index (χ4n) is 2.86. The highest BCUT2D eigenvalue weighted by Crippen LogP contribution is 2.18. The number of anilines is 2. The van der Waals surface area contributed by atoms with E-state index in [0.29, 0.717) is 11.8 Å². The third kappa shape index (κ3) is 5.03. The van der Waals surface area contributed by atoms with Crippen molar-refractivity contribution >= 4 is 29.2 Å². The third-order valence-corrected chi connectivity index (χ3v) is 4.27. The Morgan fingerprint density at radius 3 is 2.41 bits per heavy atom. The van der Waals surface area contributed by atoms with E-state index in [4.69, 9.17) is 0 Å². The molecule has 0 radical (unpaired) electrons.